The van der Waals surface area contributed by atoms with Gasteiger partial charge in [0.2, 0.25) is 0 Å². The normalized spacial score (nSPS) is 11.5. The summed E-state index contributed by atoms with van der Waals surface area (Å²) in [5.41, 5.74) is 6.43. The van der Waals surface area contributed by atoms with Crippen LogP contribution in [0.25, 0.3) is 0 Å². The van der Waals surface area contributed by atoms with E-state index in [2.05, 4.69) is 45.2 Å². The topological polar surface area (TPSA) is 92.8 Å². The van der Waals surface area contributed by atoms with E-state index in [4.69, 9.17) is 15.6 Å². The van der Waals surface area contributed by atoms with Crippen molar-refractivity contribution in [3.63, 3.8) is 0 Å². The Bertz CT molecular complexity index is 731. The summed E-state index contributed by atoms with van der Waals surface area (Å²) in [6.07, 6.45) is 0.263. The van der Waals surface area contributed by atoms with Crippen LogP contribution in [0, 0.1) is 10.7 Å². The third-order valence-electron chi connectivity index (χ3n) is 2.97. The van der Waals surface area contributed by atoms with Gasteiger partial charge in [-0.25, -0.2) is 0 Å². The number of ether oxygens (including phenoxy) is 1. The van der Waals surface area contributed by atoms with Crippen molar-refractivity contribution in [3.05, 3.63) is 46.6 Å². The third kappa shape index (κ3) is 5.98. The van der Waals surface area contributed by atoms with Gasteiger partial charge in [-0.2, -0.15) is 0 Å². The van der Waals surface area contributed by atoms with E-state index in [1.54, 1.807) is 18.2 Å². The van der Waals surface area contributed by atoms with Crippen molar-refractivity contribution in [2.75, 3.05) is 0 Å². The maximum atomic E-state index is 10.9. The van der Waals surface area contributed by atoms with Crippen LogP contribution in [-0.4, -0.2) is 22.2 Å². The Hall–Kier alpha value is 0.390. The zero-order valence-electron chi connectivity index (χ0n) is 12.0. The van der Waals surface area contributed by atoms with Gasteiger partial charge in [0.15, 0.2) is 5.75 Å². The molecule has 0 saturated heterocycles. The predicted molar refractivity (Wildman–Crippen MR) is 128 cm³/mol. The Morgan fingerprint density at radius 3 is 2.21 bits per heavy atom. The van der Waals surface area contributed by atoms with E-state index in [0.29, 0.717) is 15.1 Å². The van der Waals surface area contributed by atoms with Crippen molar-refractivity contribution >= 4 is 97.7 Å². The standard InChI is InChI=1S/C15H12I3NO4.HI/c16-9-6-8(1-2-13(9)20)23-14-10(17)3-7(4-11(14)18)5-12(19)15(21)22;/h1-4,6,12,20H,5,19H2,(H,21,22);1H/t12-;/m0./s1. The average Bonchev–Trinajstić information content (AvgIpc) is 2.46. The summed E-state index contributed by atoms with van der Waals surface area (Å²) in [5.74, 6) is 0.507. The molecule has 0 aromatic heterocycles. The summed E-state index contributed by atoms with van der Waals surface area (Å²) in [5, 5.41) is 18.5. The Morgan fingerprint density at radius 2 is 1.71 bits per heavy atom. The number of hydrogen-bond donors (Lipinski definition) is 3. The lowest BCUT2D eigenvalue weighted by atomic mass is 10.1. The number of aliphatic carboxylic acids is 1. The minimum atomic E-state index is -1.02. The Kier molecular flexibility index (Phi) is 9.27. The highest BCUT2D eigenvalue weighted by Crippen LogP contribution is 2.34. The Balaban J connectivity index is 0.00000288. The van der Waals surface area contributed by atoms with Gasteiger partial charge < -0.3 is 20.7 Å². The van der Waals surface area contributed by atoms with Gasteiger partial charge in [0.1, 0.15) is 17.5 Å². The first-order valence-electron chi connectivity index (χ1n) is 6.40. The fraction of sp³-hybridized carbons (Fsp3) is 0.133. The van der Waals surface area contributed by atoms with E-state index in [1.807, 2.05) is 34.7 Å². The lowest BCUT2D eigenvalue weighted by molar-refractivity contribution is -0.138. The fourth-order valence-corrected chi connectivity index (χ4v) is 4.44. The first kappa shape index (κ1) is 22.4. The van der Waals surface area contributed by atoms with Crippen LogP contribution in [0.15, 0.2) is 30.3 Å². The summed E-state index contributed by atoms with van der Waals surface area (Å²) in [6.45, 7) is 0. The van der Waals surface area contributed by atoms with Crippen LogP contribution in [0.2, 0.25) is 0 Å². The van der Waals surface area contributed by atoms with E-state index in [9.17, 15) is 9.90 Å². The summed E-state index contributed by atoms with van der Waals surface area (Å²) >= 11 is 6.33. The van der Waals surface area contributed by atoms with Crippen LogP contribution in [0.3, 0.4) is 0 Å². The first-order valence-corrected chi connectivity index (χ1v) is 9.64. The van der Waals surface area contributed by atoms with Gasteiger partial charge in [-0.05, 0) is 110 Å². The molecule has 0 bridgehead atoms. The molecule has 0 fully saturated rings. The molecule has 2 rings (SSSR count). The molecule has 0 heterocycles. The zero-order chi connectivity index (χ0) is 17.1. The smallest absolute Gasteiger partial charge is 0.320 e. The molecule has 9 heteroatoms. The van der Waals surface area contributed by atoms with Crippen molar-refractivity contribution < 1.29 is 19.7 Å². The fourth-order valence-electron chi connectivity index (χ4n) is 1.84. The van der Waals surface area contributed by atoms with Gasteiger partial charge >= 0.3 is 5.97 Å². The lowest BCUT2D eigenvalue weighted by Gasteiger charge is -2.13. The molecule has 0 unspecified atom stereocenters. The third-order valence-corrected chi connectivity index (χ3v) is 5.44. The van der Waals surface area contributed by atoms with Gasteiger partial charge in [-0.1, -0.05) is 0 Å². The van der Waals surface area contributed by atoms with E-state index < -0.39 is 12.0 Å². The molecule has 130 valence electrons. The number of halogens is 4. The molecule has 2 aromatic rings. The number of phenolic OH excluding ortho intramolecular Hbond substituents is 1. The van der Waals surface area contributed by atoms with Gasteiger partial charge in [0.05, 0.1) is 10.7 Å². The van der Waals surface area contributed by atoms with Crippen molar-refractivity contribution in [3.8, 4) is 17.2 Å². The minimum absolute atomic E-state index is 0. The molecule has 0 aliphatic rings. The highest BCUT2D eigenvalue weighted by Gasteiger charge is 2.16. The number of nitrogens with two attached hydrogens (primary N) is 1. The Morgan fingerprint density at radius 1 is 1.12 bits per heavy atom. The SMILES string of the molecule is I.N[C@@H](Cc1cc(I)c(Oc2ccc(O)c(I)c2)c(I)c1)C(=O)O. The number of rotatable bonds is 5. The molecule has 0 aliphatic carbocycles. The van der Waals surface area contributed by atoms with Crippen LogP contribution in [0.1, 0.15) is 5.56 Å². The summed E-state index contributed by atoms with van der Waals surface area (Å²) in [7, 11) is 0. The molecule has 0 aliphatic heterocycles. The van der Waals surface area contributed by atoms with Crippen LogP contribution < -0.4 is 10.5 Å². The lowest BCUT2D eigenvalue weighted by Crippen LogP contribution is -2.32. The molecule has 0 radical (unpaired) electrons. The molecule has 4 N–H and O–H groups in total. The second-order valence-corrected chi connectivity index (χ2v) is 8.24. The zero-order valence-corrected chi connectivity index (χ0v) is 20.8. The quantitative estimate of drug-likeness (QED) is 0.388. The van der Waals surface area contributed by atoms with Crippen LogP contribution in [0.5, 0.6) is 17.2 Å². The number of carboxylic acid groups (broad SMARTS) is 1. The average molecular weight is 779 g/mol. The number of carboxylic acids is 1. The first-order chi connectivity index (χ1) is 10.8. The van der Waals surface area contributed by atoms with Gasteiger partial charge in [-0.15, -0.1) is 24.0 Å². The molecule has 24 heavy (non-hydrogen) atoms. The van der Waals surface area contributed by atoms with E-state index in [-0.39, 0.29) is 36.1 Å². The largest absolute Gasteiger partial charge is 0.507 e. The number of benzene rings is 2. The van der Waals surface area contributed by atoms with Gasteiger partial charge in [0.25, 0.3) is 0 Å². The summed E-state index contributed by atoms with van der Waals surface area (Å²) in [6, 6.07) is 7.83. The highest BCUT2D eigenvalue weighted by molar-refractivity contribution is 14.1. The number of aromatic hydroxyl groups is 1. The van der Waals surface area contributed by atoms with Crippen molar-refractivity contribution in [1.29, 1.82) is 0 Å². The van der Waals surface area contributed by atoms with Crippen LogP contribution in [-0.2, 0) is 11.2 Å². The van der Waals surface area contributed by atoms with Crippen molar-refractivity contribution in [2.45, 2.75) is 12.5 Å². The number of carbonyl (C=O) groups is 1. The molecule has 5 nitrogen and oxygen atoms in total. The van der Waals surface area contributed by atoms with E-state index in [1.165, 1.54) is 0 Å². The predicted octanol–water partition coefficient (Wildman–Crippen LogP) is 4.57. The summed E-state index contributed by atoms with van der Waals surface area (Å²) < 4.78 is 8.34. The second kappa shape index (κ2) is 9.91. The highest BCUT2D eigenvalue weighted by atomic mass is 127. The molecule has 0 saturated carbocycles. The van der Waals surface area contributed by atoms with Crippen molar-refractivity contribution in [1.82, 2.24) is 0 Å². The maximum absolute atomic E-state index is 10.9. The van der Waals surface area contributed by atoms with Gasteiger partial charge in [0, 0.05) is 0 Å². The van der Waals surface area contributed by atoms with Crippen LogP contribution >= 0.6 is 91.7 Å². The summed E-state index contributed by atoms with van der Waals surface area (Å²) in [4.78, 5) is 10.9. The maximum Gasteiger partial charge on any atom is 0.320 e. The van der Waals surface area contributed by atoms with Crippen LogP contribution in [0.4, 0.5) is 0 Å². The van der Waals surface area contributed by atoms with Crippen molar-refractivity contribution in [2.24, 2.45) is 5.73 Å². The van der Waals surface area contributed by atoms with Gasteiger partial charge in [-0.3, -0.25) is 4.79 Å². The molecule has 2 aromatic carbocycles. The molecule has 1 atom stereocenters. The number of hydrogen-bond acceptors (Lipinski definition) is 4. The van der Waals surface area contributed by atoms with E-state index in [0.717, 1.165) is 12.7 Å². The molecule has 0 spiro atoms. The van der Waals surface area contributed by atoms with E-state index >= 15 is 0 Å². The molecular formula is C15H13I4NO4. The minimum Gasteiger partial charge on any atom is -0.507 e. The monoisotopic (exact) mass is 779 g/mol. The molecule has 0 amide bonds. The molecular weight excluding hydrogens is 766 g/mol. The number of phenols is 1. The Labute approximate surface area is 197 Å². The second-order valence-electron chi connectivity index (χ2n) is 4.75.